The summed E-state index contributed by atoms with van der Waals surface area (Å²) in [5.74, 6) is 1.65. The summed E-state index contributed by atoms with van der Waals surface area (Å²) < 4.78 is 5.18. The maximum absolute atomic E-state index is 5.18. The Labute approximate surface area is 94.8 Å². The molecule has 1 saturated carbocycles. The van der Waals surface area contributed by atoms with Crippen LogP contribution in [0.1, 0.15) is 45.4 Å². The van der Waals surface area contributed by atoms with E-state index in [0.717, 1.165) is 24.5 Å². The van der Waals surface area contributed by atoms with E-state index >= 15 is 0 Å². The molecule has 0 spiro atoms. The van der Waals surface area contributed by atoms with Gasteiger partial charge in [0.15, 0.2) is 0 Å². The van der Waals surface area contributed by atoms with E-state index in [1.165, 1.54) is 38.5 Å². The van der Waals surface area contributed by atoms with E-state index in [4.69, 9.17) is 4.74 Å². The lowest BCUT2D eigenvalue weighted by molar-refractivity contribution is 0.151. The van der Waals surface area contributed by atoms with Crippen molar-refractivity contribution in [3.05, 3.63) is 0 Å². The highest BCUT2D eigenvalue weighted by Crippen LogP contribution is 2.30. The molecule has 0 saturated heterocycles. The summed E-state index contributed by atoms with van der Waals surface area (Å²) in [7, 11) is 3.92. The van der Waals surface area contributed by atoms with Gasteiger partial charge in [-0.05, 0) is 38.1 Å². The van der Waals surface area contributed by atoms with E-state index in [0.29, 0.717) is 0 Å². The fraction of sp³-hybridized carbons (Fsp3) is 1.00. The van der Waals surface area contributed by atoms with Crippen LogP contribution in [0.25, 0.3) is 0 Å². The van der Waals surface area contributed by atoms with Gasteiger partial charge in [0, 0.05) is 19.8 Å². The summed E-state index contributed by atoms with van der Waals surface area (Å²) in [6.45, 7) is 3.30. The molecule has 1 aliphatic carbocycles. The molecule has 1 N–H and O–H groups in total. The molecule has 3 unspecified atom stereocenters. The van der Waals surface area contributed by atoms with Crippen LogP contribution < -0.4 is 5.32 Å². The average molecular weight is 213 g/mol. The van der Waals surface area contributed by atoms with Crippen molar-refractivity contribution in [1.29, 1.82) is 0 Å². The van der Waals surface area contributed by atoms with Crippen molar-refractivity contribution < 1.29 is 4.74 Å². The molecule has 2 nitrogen and oxygen atoms in total. The zero-order valence-electron chi connectivity index (χ0n) is 10.6. The zero-order valence-corrected chi connectivity index (χ0v) is 10.6. The summed E-state index contributed by atoms with van der Waals surface area (Å²) in [6.07, 6.45) is 8.21. The Morgan fingerprint density at radius 3 is 2.67 bits per heavy atom. The van der Waals surface area contributed by atoms with Gasteiger partial charge >= 0.3 is 0 Å². The molecule has 2 heteroatoms. The predicted molar refractivity (Wildman–Crippen MR) is 65.1 cm³/mol. The first kappa shape index (κ1) is 13.0. The van der Waals surface area contributed by atoms with Crippen molar-refractivity contribution in [2.75, 3.05) is 20.8 Å². The standard InChI is InChI=1S/C13H27NO/c1-11(9-10-15-3)12-7-5-4-6-8-13(12)14-2/h11-14H,4-10H2,1-3H3. The topological polar surface area (TPSA) is 21.3 Å². The summed E-state index contributed by atoms with van der Waals surface area (Å²) >= 11 is 0. The van der Waals surface area contributed by atoms with Gasteiger partial charge in [-0.15, -0.1) is 0 Å². The molecule has 0 aromatic heterocycles. The molecule has 0 aromatic rings. The molecule has 1 rings (SSSR count). The van der Waals surface area contributed by atoms with Crippen LogP contribution in [0.15, 0.2) is 0 Å². The van der Waals surface area contributed by atoms with Crippen molar-refractivity contribution in [1.82, 2.24) is 5.32 Å². The van der Waals surface area contributed by atoms with Crippen LogP contribution in [0.2, 0.25) is 0 Å². The molecule has 0 radical (unpaired) electrons. The summed E-state index contributed by atoms with van der Waals surface area (Å²) in [5.41, 5.74) is 0. The van der Waals surface area contributed by atoms with Crippen molar-refractivity contribution in [3.63, 3.8) is 0 Å². The maximum atomic E-state index is 5.18. The first-order valence-corrected chi connectivity index (χ1v) is 6.45. The Morgan fingerprint density at radius 1 is 1.27 bits per heavy atom. The summed E-state index contributed by atoms with van der Waals surface area (Å²) in [5, 5.41) is 3.51. The van der Waals surface area contributed by atoms with Gasteiger partial charge in [0.25, 0.3) is 0 Å². The highest BCUT2D eigenvalue weighted by atomic mass is 16.5. The molecule has 0 aromatic carbocycles. The van der Waals surface area contributed by atoms with Crippen molar-refractivity contribution >= 4 is 0 Å². The number of ether oxygens (including phenoxy) is 1. The van der Waals surface area contributed by atoms with E-state index in [9.17, 15) is 0 Å². The first-order chi connectivity index (χ1) is 7.29. The molecule has 3 atom stereocenters. The van der Waals surface area contributed by atoms with Crippen molar-refractivity contribution in [2.24, 2.45) is 11.8 Å². The zero-order chi connectivity index (χ0) is 11.1. The largest absolute Gasteiger partial charge is 0.385 e. The molecule has 0 bridgehead atoms. The Morgan fingerprint density at radius 2 is 2.00 bits per heavy atom. The maximum Gasteiger partial charge on any atom is 0.0464 e. The molecule has 0 heterocycles. The number of methoxy groups -OCH3 is 1. The first-order valence-electron chi connectivity index (χ1n) is 6.45. The minimum Gasteiger partial charge on any atom is -0.385 e. The highest BCUT2D eigenvalue weighted by Gasteiger charge is 2.26. The van der Waals surface area contributed by atoms with Crippen LogP contribution in [-0.2, 0) is 4.74 Å². The Balaban J connectivity index is 2.45. The minimum absolute atomic E-state index is 0.736. The molecule has 90 valence electrons. The van der Waals surface area contributed by atoms with Gasteiger partial charge in [-0.3, -0.25) is 0 Å². The van der Waals surface area contributed by atoms with E-state index in [-0.39, 0.29) is 0 Å². The Kier molecular flexibility index (Phi) is 6.26. The lowest BCUT2D eigenvalue weighted by Crippen LogP contribution is -2.36. The van der Waals surface area contributed by atoms with Crippen LogP contribution in [0.5, 0.6) is 0 Å². The second-order valence-corrected chi connectivity index (χ2v) is 4.96. The molecule has 1 aliphatic rings. The van der Waals surface area contributed by atoms with Crippen LogP contribution >= 0.6 is 0 Å². The predicted octanol–water partition coefficient (Wildman–Crippen LogP) is 2.83. The average Bonchev–Trinajstić information content (AvgIpc) is 2.50. The van der Waals surface area contributed by atoms with Crippen LogP contribution in [0.3, 0.4) is 0 Å². The smallest absolute Gasteiger partial charge is 0.0464 e. The van der Waals surface area contributed by atoms with Gasteiger partial charge < -0.3 is 10.1 Å². The molecule has 1 fully saturated rings. The van der Waals surface area contributed by atoms with Crippen LogP contribution in [0.4, 0.5) is 0 Å². The van der Waals surface area contributed by atoms with Gasteiger partial charge in [-0.1, -0.05) is 26.2 Å². The third kappa shape index (κ3) is 4.12. The second kappa shape index (κ2) is 7.24. The van der Waals surface area contributed by atoms with Crippen molar-refractivity contribution in [2.45, 2.75) is 51.5 Å². The van der Waals surface area contributed by atoms with E-state index in [1.807, 2.05) is 0 Å². The lowest BCUT2D eigenvalue weighted by atomic mass is 9.82. The van der Waals surface area contributed by atoms with Crippen LogP contribution in [-0.4, -0.2) is 26.8 Å². The van der Waals surface area contributed by atoms with Gasteiger partial charge in [0.1, 0.15) is 0 Å². The normalized spacial score (nSPS) is 29.8. The summed E-state index contributed by atoms with van der Waals surface area (Å²) in [4.78, 5) is 0. The summed E-state index contributed by atoms with van der Waals surface area (Å²) in [6, 6.07) is 0.736. The lowest BCUT2D eigenvalue weighted by Gasteiger charge is -2.30. The molecule has 15 heavy (non-hydrogen) atoms. The van der Waals surface area contributed by atoms with Gasteiger partial charge in [-0.25, -0.2) is 0 Å². The number of hydrogen-bond donors (Lipinski definition) is 1. The minimum atomic E-state index is 0.736. The Hall–Kier alpha value is -0.0800. The number of hydrogen-bond acceptors (Lipinski definition) is 2. The Bertz CT molecular complexity index is 161. The van der Waals surface area contributed by atoms with E-state index in [1.54, 1.807) is 7.11 Å². The fourth-order valence-corrected chi connectivity index (χ4v) is 2.89. The van der Waals surface area contributed by atoms with Crippen LogP contribution in [0, 0.1) is 11.8 Å². The molecule has 0 amide bonds. The second-order valence-electron chi connectivity index (χ2n) is 4.96. The van der Waals surface area contributed by atoms with Gasteiger partial charge in [0.2, 0.25) is 0 Å². The molecule has 0 aliphatic heterocycles. The highest BCUT2D eigenvalue weighted by molar-refractivity contribution is 4.81. The third-order valence-corrected chi connectivity index (χ3v) is 3.95. The van der Waals surface area contributed by atoms with E-state index < -0.39 is 0 Å². The monoisotopic (exact) mass is 213 g/mol. The number of rotatable bonds is 5. The number of nitrogens with one attached hydrogen (secondary N) is 1. The van der Waals surface area contributed by atoms with Crippen molar-refractivity contribution in [3.8, 4) is 0 Å². The fourth-order valence-electron chi connectivity index (χ4n) is 2.89. The van der Waals surface area contributed by atoms with Gasteiger partial charge in [0.05, 0.1) is 0 Å². The van der Waals surface area contributed by atoms with Gasteiger partial charge in [-0.2, -0.15) is 0 Å². The third-order valence-electron chi connectivity index (χ3n) is 3.95. The quantitative estimate of drug-likeness (QED) is 0.709. The van der Waals surface area contributed by atoms with E-state index in [2.05, 4.69) is 19.3 Å². The molecular weight excluding hydrogens is 186 g/mol. The SMILES string of the molecule is CNC1CCCCCC1C(C)CCOC. The molecular formula is C13H27NO.